The lowest BCUT2D eigenvalue weighted by atomic mass is 10.2. The number of nitrogens with zero attached hydrogens (tertiary/aromatic N) is 3. The Hall–Kier alpha value is -1.94. The Balaban J connectivity index is 1.31. The van der Waals surface area contributed by atoms with Gasteiger partial charge in [0.05, 0.1) is 13.5 Å². The fourth-order valence-electron chi connectivity index (χ4n) is 4.28. The lowest BCUT2D eigenvalue weighted by Crippen LogP contribution is -2.35. The van der Waals surface area contributed by atoms with Crippen LogP contribution in [0.4, 0.5) is 0 Å². The van der Waals surface area contributed by atoms with Crippen molar-refractivity contribution in [3.05, 3.63) is 46.8 Å². The molecule has 0 unspecified atom stereocenters. The smallest absolute Gasteiger partial charge is 0.252 e. The van der Waals surface area contributed by atoms with Gasteiger partial charge in [-0.2, -0.15) is 4.31 Å². The van der Waals surface area contributed by atoms with E-state index in [1.165, 1.54) is 16.9 Å². The van der Waals surface area contributed by atoms with Crippen molar-refractivity contribution < 1.29 is 17.9 Å². The van der Waals surface area contributed by atoms with E-state index in [0.717, 1.165) is 56.1 Å². The molecular formula is C23H31N3O4S2. The molecule has 3 heterocycles. The zero-order chi connectivity index (χ0) is 22.6. The van der Waals surface area contributed by atoms with Crippen LogP contribution in [0, 0.1) is 0 Å². The maximum Gasteiger partial charge on any atom is 0.252 e. The van der Waals surface area contributed by atoms with E-state index in [9.17, 15) is 13.2 Å². The van der Waals surface area contributed by atoms with E-state index in [0.29, 0.717) is 23.8 Å². The molecule has 0 aliphatic carbocycles. The Morgan fingerprint density at radius 3 is 2.41 bits per heavy atom. The minimum Gasteiger partial charge on any atom is -0.497 e. The third-order valence-corrected chi connectivity index (χ3v) is 9.58. The van der Waals surface area contributed by atoms with E-state index in [4.69, 9.17) is 4.74 Å². The lowest BCUT2D eigenvalue weighted by molar-refractivity contribution is -0.130. The molecular weight excluding hydrogens is 446 g/mol. The number of carbonyl (C=O) groups excluding carboxylic acids is 1. The maximum absolute atomic E-state index is 12.9. The van der Waals surface area contributed by atoms with Gasteiger partial charge in [0.2, 0.25) is 5.91 Å². The van der Waals surface area contributed by atoms with Gasteiger partial charge >= 0.3 is 0 Å². The number of benzene rings is 1. The van der Waals surface area contributed by atoms with Crippen LogP contribution in [0.15, 0.2) is 40.6 Å². The summed E-state index contributed by atoms with van der Waals surface area (Å²) in [5.74, 6) is 0.926. The summed E-state index contributed by atoms with van der Waals surface area (Å²) < 4.78 is 32.6. The third kappa shape index (κ3) is 5.51. The van der Waals surface area contributed by atoms with Crippen molar-refractivity contribution in [1.29, 1.82) is 0 Å². The lowest BCUT2D eigenvalue weighted by Gasteiger charge is -2.22. The van der Waals surface area contributed by atoms with Gasteiger partial charge in [-0.1, -0.05) is 12.1 Å². The molecule has 4 rings (SSSR count). The quantitative estimate of drug-likeness (QED) is 0.613. The van der Waals surface area contributed by atoms with Gasteiger partial charge < -0.3 is 9.64 Å². The van der Waals surface area contributed by atoms with Crippen LogP contribution in [-0.4, -0.2) is 74.8 Å². The number of carbonyl (C=O) groups is 1. The van der Waals surface area contributed by atoms with Crippen LogP contribution in [0.1, 0.15) is 29.7 Å². The molecule has 1 aromatic carbocycles. The van der Waals surface area contributed by atoms with E-state index < -0.39 is 10.0 Å². The van der Waals surface area contributed by atoms with Gasteiger partial charge in [-0.3, -0.25) is 9.69 Å². The molecule has 2 saturated heterocycles. The highest BCUT2D eigenvalue weighted by atomic mass is 32.2. The van der Waals surface area contributed by atoms with Crippen molar-refractivity contribution in [2.75, 3.05) is 46.4 Å². The van der Waals surface area contributed by atoms with Gasteiger partial charge in [0.15, 0.2) is 0 Å². The van der Waals surface area contributed by atoms with Crippen LogP contribution in [-0.2, 0) is 27.8 Å². The number of hydrogen-bond donors (Lipinski definition) is 0. The number of amides is 1. The summed E-state index contributed by atoms with van der Waals surface area (Å²) in [7, 11) is -1.75. The van der Waals surface area contributed by atoms with Crippen LogP contribution >= 0.6 is 11.3 Å². The molecule has 0 bridgehead atoms. The molecule has 7 nitrogen and oxygen atoms in total. The zero-order valence-corrected chi connectivity index (χ0v) is 20.2. The van der Waals surface area contributed by atoms with E-state index >= 15 is 0 Å². The molecule has 0 saturated carbocycles. The highest BCUT2D eigenvalue weighted by Crippen LogP contribution is 2.28. The maximum atomic E-state index is 12.9. The number of rotatable bonds is 7. The van der Waals surface area contributed by atoms with Crippen molar-refractivity contribution in [2.45, 2.75) is 36.4 Å². The Kier molecular flexibility index (Phi) is 7.50. The molecule has 2 aliphatic rings. The van der Waals surface area contributed by atoms with Gasteiger partial charge in [-0.05, 0) is 49.1 Å². The first-order valence-corrected chi connectivity index (χ1v) is 13.4. The largest absolute Gasteiger partial charge is 0.497 e. The summed E-state index contributed by atoms with van der Waals surface area (Å²) in [5.41, 5.74) is 1.23. The molecule has 0 radical (unpaired) electrons. The molecule has 2 aromatic rings. The van der Waals surface area contributed by atoms with Crippen LogP contribution in [0.3, 0.4) is 0 Å². The highest BCUT2D eigenvalue weighted by molar-refractivity contribution is 7.91. The van der Waals surface area contributed by atoms with E-state index in [1.807, 2.05) is 17.0 Å². The van der Waals surface area contributed by atoms with Crippen molar-refractivity contribution in [3.63, 3.8) is 0 Å². The molecule has 32 heavy (non-hydrogen) atoms. The summed E-state index contributed by atoms with van der Waals surface area (Å²) >= 11 is 1.23. The first-order chi connectivity index (χ1) is 15.5. The molecule has 0 N–H and O–H groups in total. The van der Waals surface area contributed by atoms with Gasteiger partial charge in [-0.15, -0.1) is 11.3 Å². The van der Waals surface area contributed by atoms with Crippen molar-refractivity contribution in [3.8, 4) is 5.75 Å². The van der Waals surface area contributed by atoms with Crippen molar-refractivity contribution in [1.82, 2.24) is 14.1 Å². The molecule has 2 fully saturated rings. The second kappa shape index (κ2) is 10.3. The number of thiophene rings is 1. The van der Waals surface area contributed by atoms with E-state index in [1.54, 1.807) is 23.5 Å². The average Bonchev–Trinajstić information content (AvgIpc) is 3.45. The van der Waals surface area contributed by atoms with Crippen LogP contribution in [0.5, 0.6) is 5.75 Å². The predicted molar refractivity (Wildman–Crippen MR) is 125 cm³/mol. The van der Waals surface area contributed by atoms with Gasteiger partial charge in [0, 0.05) is 50.7 Å². The van der Waals surface area contributed by atoms with Crippen LogP contribution in [0.25, 0.3) is 0 Å². The number of methoxy groups -OCH3 is 1. The topological polar surface area (TPSA) is 70.2 Å². The first-order valence-electron chi connectivity index (χ1n) is 11.2. The summed E-state index contributed by atoms with van der Waals surface area (Å²) in [5, 5.41) is 0. The first kappa shape index (κ1) is 23.2. The summed E-state index contributed by atoms with van der Waals surface area (Å²) in [6.07, 6.45) is 3.03. The fraction of sp³-hybridized carbons (Fsp3) is 0.522. The fourth-order valence-corrected chi connectivity index (χ4v) is 7.29. The molecule has 1 amide bonds. The van der Waals surface area contributed by atoms with E-state index in [-0.39, 0.29) is 12.3 Å². The Labute approximate surface area is 194 Å². The molecule has 174 valence electrons. The molecule has 0 spiro atoms. The molecule has 9 heteroatoms. The van der Waals surface area contributed by atoms with Gasteiger partial charge in [0.1, 0.15) is 9.96 Å². The van der Waals surface area contributed by atoms with Gasteiger partial charge in [-0.25, -0.2) is 8.42 Å². The second-order valence-electron chi connectivity index (χ2n) is 8.37. The number of sulfonamides is 1. The summed E-state index contributed by atoms with van der Waals surface area (Å²) in [6, 6.07) is 11.6. The molecule has 2 aliphatic heterocycles. The molecule has 1 aromatic heterocycles. The van der Waals surface area contributed by atoms with Crippen molar-refractivity contribution >= 4 is 27.3 Å². The Morgan fingerprint density at radius 2 is 1.69 bits per heavy atom. The molecule has 0 atom stereocenters. The second-order valence-corrected chi connectivity index (χ2v) is 11.7. The highest BCUT2D eigenvalue weighted by Gasteiger charge is 2.29. The SMILES string of the molecule is COc1ccc(CN2CCCN(C(=O)Cc3ccc(S(=O)(=O)N4CCCC4)s3)CC2)cc1. The minimum absolute atomic E-state index is 0.0725. The van der Waals surface area contributed by atoms with Crippen LogP contribution < -0.4 is 4.74 Å². The normalized spacial score (nSPS) is 18.6. The average molecular weight is 478 g/mol. The summed E-state index contributed by atoms with van der Waals surface area (Å²) in [6.45, 7) is 5.25. The standard InChI is InChI=1S/C23H31N3O4S2/c1-30-20-7-5-19(6-8-20)18-24-11-4-12-25(16-15-24)22(27)17-21-9-10-23(31-21)32(28,29)26-13-2-3-14-26/h5-10H,2-4,11-18H2,1H3. The third-order valence-electron chi connectivity index (χ3n) is 6.13. The predicted octanol–water partition coefficient (Wildman–Crippen LogP) is 2.82. The van der Waals surface area contributed by atoms with Gasteiger partial charge in [0.25, 0.3) is 10.0 Å². The monoisotopic (exact) mass is 477 g/mol. The number of ether oxygens (including phenoxy) is 1. The number of hydrogen-bond acceptors (Lipinski definition) is 6. The minimum atomic E-state index is -3.41. The van der Waals surface area contributed by atoms with Crippen LogP contribution in [0.2, 0.25) is 0 Å². The summed E-state index contributed by atoms with van der Waals surface area (Å²) in [4.78, 5) is 18.0. The zero-order valence-electron chi connectivity index (χ0n) is 18.5. The van der Waals surface area contributed by atoms with E-state index in [2.05, 4.69) is 17.0 Å². The Bertz CT molecular complexity index is 1010. The Morgan fingerprint density at radius 1 is 0.938 bits per heavy atom. The van der Waals surface area contributed by atoms with Crippen molar-refractivity contribution in [2.24, 2.45) is 0 Å².